The zero-order valence-corrected chi connectivity index (χ0v) is 15.2. The molecule has 2 aromatic heterocycles. The first-order valence-electron chi connectivity index (χ1n) is 8.57. The molecule has 1 aromatic carbocycles. The maximum atomic E-state index is 13.0. The van der Waals surface area contributed by atoms with Gasteiger partial charge in [-0.15, -0.1) is 11.3 Å². The fourth-order valence-electron chi connectivity index (χ4n) is 3.27. The minimum absolute atomic E-state index is 0.0311. The van der Waals surface area contributed by atoms with Gasteiger partial charge in [-0.05, 0) is 37.6 Å². The van der Waals surface area contributed by atoms with Gasteiger partial charge in [0.25, 0.3) is 5.91 Å². The number of aromatic nitrogens is 3. The van der Waals surface area contributed by atoms with Crippen LogP contribution in [0.5, 0.6) is 0 Å². The molecular formula is C18H20N4O3S. The van der Waals surface area contributed by atoms with E-state index in [9.17, 15) is 9.90 Å². The fourth-order valence-corrected chi connectivity index (χ4v) is 4.08. The number of aliphatic hydroxyl groups excluding tert-OH is 2. The minimum Gasteiger partial charge on any atom is -0.393 e. The molecule has 8 heteroatoms. The SMILES string of the molecule is Cc1nc2cc(C(=O)N3CCCn4nc(C(O)CO)cc4C3)ccc2s1. The van der Waals surface area contributed by atoms with Crippen molar-refractivity contribution in [3.8, 4) is 0 Å². The summed E-state index contributed by atoms with van der Waals surface area (Å²) in [6.07, 6.45) is -0.207. The van der Waals surface area contributed by atoms with E-state index in [4.69, 9.17) is 5.11 Å². The lowest BCUT2D eigenvalue weighted by Gasteiger charge is -2.20. The molecule has 1 aliphatic heterocycles. The summed E-state index contributed by atoms with van der Waals surface area (Å²) in [5, 5.41) is 24.2. The lowest BCUT2D eigenvalue weighted by Crippen LogP contribution is -2.30. The molecule has 0 spiro atoms. The molecule has 1 atom stereocenters. The van der Waals surface area contributed by atoms with Crippen molar-refractivity contribution in [3.05, 3.63) is 46.2 Å². The molecule has 0 saturated carbocycles. The van der Waals surface area contributed by atoms with Crippen molar-refractivity contribution in [3.63, 3.8) is 0 Å². The Hall–Kier alpha value is -2.29. The first-order chi connectivity index (χ1) is 12.5. The van der Waals surface area contributed by atoms with Crippen LogP contribution in [-0.2, 0) is 13.1 Å². The second-order valence-electron chi connectivity index (χ2n) is 6.48. The molecular weight excluding hydrogens is 352 g/mol. The van der Waals surface area contributed by atoms with Gasteiger partial charge in [-0.3, -0.25) is 9.48 Å². The molecule has 1 amide bonds. The van der Waals surface area contributed by atoms with E-state index in [0.717, 1.165) is 27.3 Å². The van der Waals surface area contributed by atoms with E-state index < -0.39 is 6.10 Å². The van der Waals surface area contributed by atoms with Crippen LogP contribution in [0.1, 0.15) is 39.3 Å². The van der Waals surface area contributed by atoms with Gasteiger partial charge in [0.05, 0.1) is 39.8 Å². The third-order valence-corrected chi connectivity index (χ3v) is 5.53. The Labute approximate surface area is 154 Å². The first kappa shape index (κ1) is 17.1. The smallest absolute Gasteiger partial charge is 0.254 e. The van der Waals surface area contributed by atoms with Gasteiger partial charge in [0, 0.05) is 18.7 Å². The van der Waals surface area contributed by atoms with Gasteiger partial charge in [-0.1, -0.05) is 0 Å². The Morgan fingerprint density at radius 2 is 2.19 bits per heavy atom. The number of amides is 1. The molecule has 4 rings (SSSR count). The van der Waals surface area contributed by atoms with Crippen LogP contribution in [0.15, 0.2) is 24.3 Å². The number of aryl methyl sites for hydroxylation is 2. The highest BCUT2D eigenvalue weighted by atomic mass is 32.1. The topological polar surface area (TPSA) is 91.5 Å². The molecule has 1 unspecified atom stereocenters. The highest BCUT2D eigenvalue weighted by Crippen LogP contribution is 2.24. The maximum Gasteiger partial charge on any atom is 0.254 e. The number of carbonyl (C=O) groups excluding carboxylic acids is 1. The van der Waals surface area contributed by atoms with Crippen LogP contribution in [0.3, 0.4) is 0 Å². The number of thiazole rings is 1. The Bertz CT molecular complexity index is 965. The quantitative estimate of drug-likeness (QED) is 0.732. The molecule has 26 heavy (non-hydrogen) atoms. The van der Waals surface area contributed by atoms with E-state index >= 15 is 0 Å². The van der Waals surface area contributed by atoms with Gasteiger partial charge >= 0.3 is 0 Å². The highest BCUT2D eigenvalue weighted by molar-refractivity contribution is 7.18. The van der Waals surface area contributed by atoms with E-state index in [-0.39, 0.29) is 12.5 Å². The monoisotopic (exact) mass is 372 g/mol. The molecule has 7 nitrogen and oxygen atoms in total. The molecule has 3 aromatic rings. The minimum atomic E-state index is -0.992. The number of nitrogens with zero attached hydrogens (tertiary/aromatic N) is 4. The summed E-state index contributed by atoms with van der Waals surface area (Å²) >= 11 is 1.62. The van der Waals surface area contributed by atoms with Crippen molar-refractivity contribution in [2.24, 2.45) is 0 Å². The van der Waals surface area contributed by atoms with Crippen molar-refractivity contribution in [2.75, 3.05) is 13.2 Å². The lowest BCUT2D eigenvalue weighted by atomic mass is 10.1. The van der Waals surface area contributed by atoms with Crippen molar-refractivity contribution >= 4 is 27.5 Å². The fraction of sp³-hybridized carbons (Fsp3) is 0.389. The predicted octanol–water partition coefficient (Wildman–Crippen LogP) is 1.87. The second kappa shape index (κ2) is 6.79. The van der Waals surface area contributed by atoms with Crippen molar-refractivity contribution < 1.29 is 15.0 Å². The van der Waals surface area contributed by atoms with Gasteiger partial charge in [0.15, 0.2) is 0 Å². The molecule has 0 radical (unpaired) electrons. The Balaban J connectivity index is 1.60. The molecule has 0 bridgehead atoms. The first-order valence-corrected chi connectivity index (χ1v) is 9.39. The zero-order valence-electron chi connectivity index (χ0n) is 14.4. The average Bonchev–Trinajstić information content (AvgIpc) is 3.15. The average molecular weight is 372 g/mol. The molecule has 136 valence electrons. The molecule has 3 heterocycles. The Morgan fingerprint density at radius 1 is 1.35 bits per heavy atom. The number of hydrogen-bond donors (Lipinski definition) is 2. The van der Waals surface area contributed by atoms with E-state index in [1.807, 2.05) is 29.8 Å². The van der Waals surface area contributed by atoms with E-state index in [1.165, 1.54) is 0 Å². The second-order valence-corrected chi connectivity index (χ2v) is 7.71. The number of rotatable bonds is 3. The molecule has 0 aliphatic carbocycles. The number of benzene rings is 1. The third kappa shape index (κ3) is 3.11. The summed E-state index contributed by atoms with van der Waals surface area (Å²) < 4.78 is 2.89. The van der Waals surface area contributed by atoms with Crippen LogP contribution in [0.25, 0.3) is 10.2 Å². The molecule has 1 aliphatic rings. The molecule has 0 saturated heterocycles. The van der Waals surface area contributed by atoms with Crippen molar-refractivity contribution in [1.29, 1.82) is 0 Å². The van der Waals surface area contributed by atoms with Gasteiger partial charge in [0.2, 0.25) is 0 Å². The standard InChI is InChI=1S/C18H20N4O3S/c1-11-19-15-7-12(3-4-17(15)26-11)18(25)21-5-2-6-22-13(9-21)8-14(20-22)16(24)10-23/h3-4,7-8,16,23-24H,2,5-6,9-10H2,1H3. The van der Waals surface area contributed by atoms with Crippen LogP contribution >= 0.6 is 11.3 Å². The summed E-state index contributed by atoms with van der Waals surface area (Å²) in [5.41, 5.74) is 2.79. The van der Waals surface area contributed by atoms with Gasteiger partial charge in [-0.2, -0.15) is 5.10 Å². The Kier molecular flexibility index (Phi) is 4.47. The van der Waals surface area contributed by atoms with E-state index in [2.05, 4.69) is 10.1 Å². The normalized spacial score (nSPS) is 15.7. The largest absolute Gasteiger partial charge is 0.393 e. The van der Waals surface area contributed by atoms with E-state index in [1.54, 1.807) is 22.3 Å². The number of aliphatic hydroxyl groups is 2. The molecule has 0 fully saturated rings. The Morgan fingerprint density at radius 3 is 3.00 bits per heavy atom. The summed E-state index contributed by atoms with van der Waals surface area (Å²) in [6, 6.07) is 7.42. The third-order valence-electron chi connectivity index (χ3n) is 4.58. The van der Waals surface area contributed by atoms with Gasteiger partial charge in [-0.25, -0.2) is 4.98 Å². The van der Waals surface area contributed by atoms with Crippen LogP contribution in [-0.4, -0.2) is 48.9 Å². The van der Waals surface area contributed by atoms with Crippen LogP contribution in [0, 0.1) is 6.92 Å². The highest BCUT2D eigenvalue weighted by Gasteiger charge is 2.23. The number of hydrogen-bond acceptors (Lipinski definition) is 6. The van der Waals surface area contributed by atoms with Crippen LogP contribution < -0.4 is 0 Å². The lowest BCUT2D eigenvalue weighted by molar-refractivity contribution is 0.0745. The maximum absolute atomic E-state index is 13.0. The zero-order chi connectivity index (χ0) is 18.3. The van der Waals surface area contributed by atoms with E-state index in [0.29, 0.717) is 30.9 Å². The summed E-state index contributed by atoms with van der Waals surface area (Å²) in [5.74, 6) is -0.0311. The summed E-state index contributed by atoms with van der Waals surface area (Å²) in [4.78, 5) is 19.3. The van der Waals surface area contributed by atoms with Gasteiger partial charge in [0.1, 0.15) is 6.10 Å². The predicted molar refractivity (Wildman–Crippen MR) is 98.0 cm³/mol. The van der Waals surface area contributed by atoms with Crippen molar-refractivity contribution in [1.82, 2.24) is 19.7 Å². The van der Waals surface area contributed by atoms with Gasteiger partial charge < -0.3 is 15.1 Å². The number of carbonyl (C=O) groups is 1. The summed E-state index contributed by atoms with van der Waals surface area (Å²) in [7, 11) is 0. The van der Waals surface area contributed by atoms with Crippen molar-refractivity contribution in [2.45, 2.75) is 32.5 Å². The summed E-state index contributed by atoms with van der Waals surface area (Å²) in [6.45, 7) is 3.35. The van der Waals surface area contributed by atoms with Crippen LogP contribution in [0.2, 0.25) is 0 Å². The molecule has 2 N–H and O–H groups in total. The number of fused-ring (bicyclic) bond motifs is 2. The van der Waals surface area contributed by atoms with Crippen LogP contribution in [0.4, 0.5) is 0 Å².